The molecule has 1 aromatic carbocycles. The molecule has 1 aliphatic rings. The number of hydrogen-bond donors (Lipinski definition) is 1. The predicted octanol–water partition coefficient (Wildman–Crippen LogP) is 1.77. The van der Waals surface area contributed by atoms with E-state index in [1.165, 1.54) is 0 Å². The van der Waals surface area contributed by atoms with Gasteiger partial charge in [-0.3, -0.25) is 9.80 Å². The van der Waals surface area contributed by atoms with Crippen LogP contribution in [0, 0.1) is 18.3 Å². The fourth-order valence-corrected chi connectivity index (χ4v) is 5.22. The quantitative estimate of drug-likeness (QED) is 0.688. The first kappa shape index (κ1) is 25.7. The van der Waals surface area contributed by atoms with Crippen LogP contribution in [0.2, 0.25) is 0 Å². The summed E-state index contributed by atoms with van der Waals surface area (Å²) in [5.41, 5.74) is 4.91. The van der Waals surface area contributed by atoms with Crippen molar-refractivity contribution in [2.45, 2.75) is 39.5 Å². The SMILES string of the molecule is Cc1cc(CCC(=O)O)ccc1N1CSC(c2scc(C(C)C)c2C#N)=N1.[Na+].[OH-]. The van der Waals surface area contributed by atoms with Gasteiger partial charge < -0.3 is 10.6 Å². The van der Waals surface area contributed by atoms with Crippen molar-refractivity contribution in [2.75, 3.05) is 10.9 Å². The van der Waals surface area contributed by atoms with E-state index in [2.05, 4.69) is 25.3 Å². The molecule has 0 unspecified atom stereocenters. The number of thioether (sulfide) groups is 1. The molecule has 2 heterocycles. The summed E-state index contributed by atoms with van der Waals surface area (Å²) in [6.07, 6.45) is 0.659. The summed E-state index contributed by atoms with van der Waals surface area (Å²) >= 11 is 3.22. The molecule has 0 aliphatic carbocycles. The molecular formula is C20H22N3NaO3S2. The number of nitrogens with zero attached hydrogens (tertiary/aromatic N) is 3. The van der Waals surface area contributed by atoms with E-state index in [4.69, 9.17) is 10.2 Å². The van der Waals surface area contributed by atoms with E-state index in [1.807, 2.05) is 30.1 Å². The van der Waals surface area contributed by atoms with Crippen LogP contribution < -0.4 is 34.6 Å². The number of aliphatic carboxylic acids is 1. The Labute approximate surface area is 201 Å². The molecule has 6 nitrogen and oxygen atoms in total. The largest absolute Gasteiger partial charge is 1.00 e. The van der Waals surface area contributed by atoms with Crippen LogP contribution in [0.5, 0.6) is 0 Å². The number of benzene rings is 1. The summed E-state index contributed by atoms with van der Waals surface area (Å²) in [6.45, 7) is 6.20. The summed E-state index contributed by atoms with van der Waals surface area (Å²) in [5.74, 6) is 0.227. The molecule has 3 rings (SSSR count). The first-order chi connectivity index (χ1) is 12.9. The van der Waals surface area contributed by atoms with Gasteiger partial charge in [0, 0.05) is 6.42 Å². The van der Waals surface area contributed by atoms with E-state index in [0.717, 1.165) is 37.9 Å². The number of anilines is 1. The van der Waals surface area contributed by atoms with Gasteiger partial charge in [0.25, 0.3) is 0 Å². The van der Waals surface area contributed by atoms with Crippen molar-refractivity contribution < 1.29 is 44.9 Å². The van der Waals surface area contributed by atoms with Crippen molar-refractivity contribution in [3.05, 3.63) is 50.7 Å². The average Bonchev–Trinajstić information content (AvgIpc) is 3.26. The molecule has 0 atom stereocenters. The second-order valence-corrected chi connectivity index (χ2v) is 8.57. The predicted molar refractivity (Wildman–Crippen MR) is 114 cm³/mol. The van der Waals surface area contributed by atoms with Crippen molar-refractivity contribution in [3.8, 4) is 6.07 Å². The van der Waals surface area contributed by atoms with E-state index in [-0.39, 0.29) is 41.5 Å². The van der Waals surface area contributed by atoms with Crippen molar-refractivity contribution in [1.82, 2.24) is 0 Å². The first-order valence-corrected chi connectivity index (χ1v) is 10.6. The third kappa shape index (κ3) is 5.85. The van der Waals surface area contributed by atoms with Crippen LogP contribution in [0.1, 0.15) is 53.3 Å². The molecule has 0 radical (unpaired) electrons. The minimum absolute atomic E-state index is 0. The molecule has 1 aliphatic heterocycles. The molecule has 0 fully saturated rings. The van der Waals surface area contributed by atoms with Gasteiger partial charge in [-0.05, 0) is 47.4 Å². The monoisotopic (exact) mass is 439 g/mol. The van der Waals surface area contributed by atoms with Crippen LogP contribution >= 0.6 is 23.1 Å². The van der Waals surface area contributed by atoms with Gasteiger partial charge in [-0.25, -0.2) is 0 Å². The van der Waals surface area contributed by atoms with Crippen LogP contribution in [0.25, 0.3) is 0 Å². The van der Waals surface area contributed by atoms with E-state index in [0.29, 0.717) is 18.2 Å². The maximum Gasteiger partial charge on any atom is 1.00 e. The second-order valence-electron chi connectivity index (χ2n) is 6.75. The van der Waals surface area contributed by atoms with Crippen molar-refractivity contribution in [3.63, 3.8) is 0 Å². The summed E-state index contributed by atoms with van der Waals surface area (Å²) in [4.78, 5) is 11.7. The number of carboxylic acid groups (broad SMARTS) is 1. The van der Waals surface area contributed by atoms with Gasteiger partial charge in [-0.2, -0.15) is 10.4 Å². The zero-order valence-electron chi connectivity index (χ0n) is 17.0. The Kier molecular flexibility index (Phi) is 9.89. The Morgan fingerprint density at radius 1 is 1.41 bits per heavy atom. The van der Waals surface area contributed by atoms with Crippen LogP contribution in [0.3, 0.4) is 0 Å². The Hall–Kier alpha value is -1.34. The third-order valence-corrected chi connectivity index (χ3v) is 6.52. The number of thiophene rings is 1. The van der Waals surface area contributed by atoms with Gasteiger partial charge in [-0.15, -0.1) is 11.3 Å². The number of aryl methyl sites for hydroxylation is 2. The van der Waals surface area contributed by atoms with Crippen LogP contribution in [-0.4, -0.2) is 27.5 Å². The maximum atomic E-state index is 10.7. The second kappa shape index (κ2) is 11.2. The van der Waals surface area contributed by atoms with Gasteiger partial charge in [0.2, 0.25) is 0 Å². The molecule has 0 amide bonds. The zero-order chi connectivity index (χ0) is 19.6. The molecule has 29 heavy (non-hydrogen) atoms. The summed E-state index contributed by atoms with van der Waals surface area (Å²) in [5, 5.41) is 28.1. The van der Waals surface area contributed by atoms with E-state index < -0.39 is 5.97 Å². The minimum atomic E-state index is -0.785. The smallest absolute Gasteiger partial charge is 0.870 e. The number of hydrazone groups is 1. The molecule has 2 aromatic rings. The van der Waals surface area contributed by atoms with Crippen molar-refractivity contribution in [1.29, 1.82) is 5.26 Å². The van der Waals surface area contributed by atoms with Gasteiger partial charge in [0.1, 0.15) is 11.1 Å². The molecule has 0 saturated heterocycles. The Morgan fingerprint density at radius 2 is 2.14 bits per heavy atom. The van der Waals surface area contributed by atoms with Crippen LogP contribution in [-0.2, 0) is 11.2 Å². The van der Waals surface area contributed by atoms with Gasteiger partial charge in [0.15, 0.2) is 0 Å². The van der Waals surface area contributed by atoms with Crippen molar-refractivity contribution in [2.24, 2.45) is 5.10 Å². The van der Waals surface area contributed by atoms with Crippen LogP contribution in [0.15, 0.2) is 28.7 Å². The van der Waals surface area contributed by atoms with E-state index in [1.54, 1.807) is 23.1 Å². The Morgan fingerprint density at radius 3 is 2.72 bits per heavy atom. The minimum Gasteiger partial charge on any atom is -0.870 e. The molecule has 9 heteroatoms. The van der Waals surface area contributed by atoms with Gasteiger partial charge in [-0.1, -0.05) is 37.7 Å². The van der Waals surface area contributed by atoms with Crippen LogP contribution in [0.4, 0.5) is 5.69 Å². The van der Waals surface area contributed by atoms with Crippen molar-refractivity contribution >= 4 is 39.8 Å². The zero-order valence-corrected chi connectivity index (χ0v) is 20.6. The number of hydrogen-bond acceptors (Lipinski definition) is 7. The topological polar surface area (TPSA) is 107 Å². The molecule has 0 spiro atoms. The maximum absolute atomic E-state index is 10.7. The van der Waals surface area contributed by atoms with Gasteiger partial charge >= 0.3 is 35.5 Å². The number of carbonyl (C=O) groups is 1. The molecular weight excluding hydrogens is 417 g/mol. The van der Waals surface area contributed by atoms with E-state index >= 15 is 0 Å². The molecule has 0 saturated carbocycles. The molecule has 148 valence electrons. The number of nitriles is 1. The molecule has 0 bridgehead atoms. The summed E-state index contributed by atoms with van der Waals surface area (Å²) in [7, 11) is 0. The molecule has 1 aromatic heterocycles. The average molecular weight is 440 g/mol. The first-order valence-electron chi connectivity index (χ1n) is 8.72. The Balaban J connectivity index is 0.00000210. The van der Waals surface area contributed by atoms with E-state index in [9.17, 15) is 10.1 Å². The standard InChI is InChI=1S/C20H21N3O2S2.Na.H2O/c1-12(2)16-10-26-19(15(16)9-21)20-22-23(11-27-20)17-6-4-14(8-13(17)3)5-7-18(24)25;;/h4,6,8,10,12H,5,7,11H2,1-3H3,(H,24,25);;1H2/q;+1;/p-1. The summed E-state index contributed by atoms with van der Waals surface area (Å²) < 4.78 is 0. The number of rotatable bonds is 6. The normalized spacial score (nSPS) is 12.8. The summed E-state index contributed by atoms with van der Waals surface area (Å²) in [6, 6.07) is 8.34. The third-order valence-electron chi connectivity index (χ3n) is 4.45. The number of carboxylic acids is 1. The molecule has 2 N–H and O–H groups in total. The van der Waals surface area contributed by atoms with Gasteiger partial charge in [0.05, 0.1) is 22.0 Å². The fraction of sp³-hybridized carbons (Fsp3) is 0.350. The Bertz CT molecular complexity index is 951. The fourth-order valence-electron chi connectivity index (χ4n) is 3.01.